The van der Waals surface area contributed by atoms with Crippen LogP contribution >= 0.6 is 11.3 Å². The fourth-order valence-corrected chi connectivity index (χ4v) is 5.30. The number of carbonyl (C=O) groups excluding carboxylic acids is 1. The van der Waals surface area contributed by atoms with Crippen molar-refractivity contribution >= 4 is 17.2 Å². The van der Waals surface area contributed by atoms with Crippen LogP contribution in [0.5, 0.6) is 0 Å². The smallest absolute Gasteiger partial charge is 0.369 e. The summed E-state index contributed by atoms with van der Waals surface area (Å²) in [5.41, 5.74) is 3.50. The number of thiazole rings is 1. The second-order valence-electron chi connectivity index (χ2n) is 7.83. The van der Waals surface area contributed by atoms with Gasteiger partial charge < -0.3 is 5.73 Å². The maximum Gasteiger partial charge on any atom is 0.418 e. The standard InChI is InChI=1S/C20H21F3N6OS/c1-12-26-27-28-29(12)16-7-6-14(10-15(16)20(21,22)23)19(17(24)30,18-25-8-9-31-18)11-13-4-2-3-5-13/h6-10,13H,2-5,11H2,1H3,(H2,24,30). The monoisotopic (exact) mass is 450 g/mol. The van der Waals surface area contributed by atoms with Crippen molar-refractivity contribution in [2.45, 2.75) is 50.6 Å². The van der Waals surface area contributed by atoms with Crippen LogP contribution in [0.3, 0.4) is 0 Å². The van der Waals surface area contributed by atoms with Crippen LogP contribution in [-0.4, -0.2) is 31.1 Å². The van der Waals surface area contributed by atoms with Crippen LogP contribution < -0.4 is 5.73 Å². The molecule has 1 amide bonds. The Morgan fingerprint density at radius 2 is 2.03 bits per heavy atom. The van der Waals surface area contributed by atoms with Crippen molar-refractivity contribution < 1.29 is 18.0 Å². The van der Waals surface area contributed by atoms with Gasteiger partial charge in [-0.25, -0.2) is 4.98 Å². The van der Waals surface area contributed by atoms with Crippen LogP contribution in [0.4, 0.5) is 13.2 Å². The van der Waals surface area contributed by atoms with Gasteiger partial charge in [-0.1, -0.05) is 31.7 Å². The van der Waals surface area contributed by atoms with Gasteiger partial charge >= 0.3 is 6.18 Å². The van der Waals surface area contributed by atoms with Crippen LogP contribution in [0.1, 0.15) is 54.1 Å². The Kier molecular flexibility index (Phi) is 5.54. The zero-order valence-electron chi connectivity index (χ0n) is 16.8. The molecule has 0 spiro atoms. The van der Waals surface area contributed by atoms with E-state index >= 15 is 0 Å². The molecule has 1 saturated carbocycles. The molecule has 0 radical (unpaired) electrons. The Hall–Kier alpha value is -2.82. The maximum atomic E-state index is 14.1. The average Bonchev–Trinajstić information content (AvgIpc) is 3.48. The molecule has 164 valence electrons. The molecule has 2 aromatic heterocycles. The number of tetrazole rings is 1. The summed E-state index contributed by atoms with van der Waals surface area (Å²) >= 11 is 1.22. The lowest BCUT2D eigenvalue weighted by molar-refractivity contribution is -0.137. The summed E-state index contributed by atoms with van der Waals surface area (Å²) in [6.45, 7) is 1.51. The van der Waals surface area contributed by atoms with Gasteiger partial charge in [-0.2, -0.15) is 17.9 Å². The van der Waals surface area contributed by atoms with Gasteiger partial charge in [0.2, 0.25) is 5.91 Å². The van der Waals surface area contributed by atoms with Gasteiger partial charge in [-0.15, -0.1) is 16.4 Å². The molecule has 1 fully saturated rings. The van der Waals surface area contributed by atoms with Gasteiger partial charge in [0.1, 0.15) is 10.4 Å². The highest BCUT2D eigenvalue weighted by molar-refractivity contribution is 7.09. The van der Waals surface area contributed by atoms with Gasteiger partial charge in [0, 0.05) is 11.6 Å². The molecule has 11 heteroatoms. The highest BCUT2D eigenvalue weighted by Crippen LogP contribution is 2.45. The minimum absolute atomic E-state index is 0.184. The van der Waals surface area contributed by atoms with Crippen LogP contribution in [0, 0.1) is 12.8 Å². The first-order valence-electron chi connectivity index (χ1n) is 9.90. The van der Waals surface area contributed by atoms with E-state index in [1.165, 1.54) is 36.6 Å². The first-order valence-corrected chi connectivity index (χ1v) is 10.8. The molecule has 3 aromatic rings. The number of rotatable bonds is 6. The molecule has 0 aliphatic heterocycles. The quantitative estimate of drug-likeness (QED) is 0.616. The van der Waals surface area contributed by atoms with Gasteiger partial charge in [0.15, 0.2) is 5.82 Å². The van der Waals surface area contributed by atoms with Crippen molar-refractivity contribution in [3.8, 4) is 5.69 Å². The summed E-state index contributed by atoms with van der Waals surface area (Å²) in [5, 5.41) is 12.9. The highest BCUT2D eigenvalue weighted by Gasteiger charge is 2.46. The summed E-state index contributed by atoms with van der Waals surface area (Å²) in [6, 6.07) is 3.80. The molecule has 2 N–H and O–H groups in total. The van der Waals surface area contributed by atoms with Crippen molar-refractivity contribution in [3.05, 3.63) is 51.7 Å². The minimum atomic E-state index is -4.69. The second kappa shape index (κ2) is 8.03. The van der Waals surface area contributed by atoms with E-state index in [2.05, 4.69) is 20.5 Å². The third kappa shape index (κ3) is 3.82. The summed E-state index contributed by atoms with van der Waals surface area (Å²) in [7, 11) is 0. The Morgan fingerprint density at radius 3 is 2.58 bits per heavy atom. The van der Waals surface area contributed by atoms with Crippen molar-refractivity contribution in [1.29, 1.82) is 0 Å². The van der Waals surface area contributed by atoms with E-state index in [1.807, 2.05) is 0 Å². The number of halogens is 3. The summed E-state index contributed by atoms with van der Waals surface area (Å²) in [6.07, 6.45) is 1.06. The van der Waals surface area contributed by atoms with Crippen molar-refractivity contribution in [2.75, 3.05) is 0 Å². The third-order valence-corrected chi connectivity index (χ3v) is 6.87. The number of alkyl halides is 3. The normalized spacial score (nSPS) is 17.0. The van der Waals surface area contributed by atoms with E-state index in [4.69, 9.17) is 5.73 Å². The lowest BCUT2D eigenvalue weighted by Gasteiger charge is -2.32. The van der Waals surface area contributed by atoms with E-state index in [9.17, 15) is 18.0 Å². The average molecular weight is 450 g/mol. The molecule has 4 rings (SSSR count). The fraction of sp³-hybridized carbons (Fsp3) is 0.450. The number of aromatic nitrogens is 5. The van der Waals surface area contributed by atoms with Crippen molar-refractivity contribution in [2.24, 2.45) is 11.7 Å². The lowest BCUT2D eigenvalue weighted by atomic mass is 9.72. The summed E-state index contributed by atoms with van der Waals surface area (Å²) < 4.78 is 43.3. The fourth-order valence-electron chi connectivity index (χ4n) is 4.43. The number of nitrogens with two attached hydrogens (primary N) is 1. The molecule has 1 unspecified atom stereocenters. The van der Waals surface area contributed by atoms with E-state index < -0.39 is 23.1 Å². The predicted molar refractivity (Wildman–Crippen MR) is 108 cm³/mol. The Labute approximate surface area is 180 Å². The zero-order valence-corrected chi connectivity index (χ0v) is 17.6. The summed E-state index contributed by atoms with van der Waals surface area (Å²) in [5.74, 6) is -0.300. The predicted octanol–water partition coefficient (Wildman–Crippen LogP) is 3.80. The summed E-state index contributed by atoms with van der Waals surface area (Å²) in [4.78, 5) is 17.2. The number of benzene rings is 1. The Balaban J connectivity index is 1.93. The van der Waals surface area contributed by atoms with Crippen molar-refractivity contribution in [1.82, 2.24) is 25.2 Å². The number of hydrogen-bond donors (Lipinski definition) is 1. The molecule has 1 atom stereocenters. The first kappa shape index (κ1) is 21.4. The number of nitrogens with zero attached hydrogens (tertiary/aromatic N) is 5. The molecule has 2 heterocycles. The minimum Gasteiger partial charge on any atom is -0.369 e. The Bertz CT molecular complexity index is 1080. The van der Waals surface area contributed by atoms with Crippen LogP contribution in [-0.2, 0) is 16.4 Å². The third-order valence-electron chi connectivity index (χ3n) is 5.94. The Morgan fingerprint density at radius 1 is 1.29 bits per heavy atom. The van der Waals surface area contributed by atoms with Gasteiger partial charge in [0.25, 0.3) is 0 Å². The molecule has 1 aliphatic carbocycles. The molecule has 31 heavy (non-hydrogen) atoms. The number of primary amides is 1. The number of amides is 1. The van der Waals surface area contributed by atoms with Gasteiger partial charge in [-0.3, -0.25) is 4.79 Å². The van der Waals surface area contributed by atoms with Crippen molar-refractivity contribution in [3.63, 3.8) is 0 Å². The molecule has 1 aromatic carbocycles. The molecular formula is C20H21F3N6OS. The lowest BCUT2D eigenvalue weighted by Crippen LogP contribution is -2.44. The van der Waals surface area contributed by atoms with E-state index in [-0.39, 0.29) is 23.0 Å². The zero-order chi connectivity index (χ0) is 22.2. The number of carbonyl (C=O) groups is 1. The van der Waals surface area contributed by atoms with E-state index in [0.29, 0.717) is 11.4 Å². The van der Waals surface area contributed by atoms with E-state index in [1.54, 1.807) is 5.38 Å². The number of aryl methyl sites for hydroxylation is 1. The molecule has 0 bridgehead atoms. The molecule has 1 aliphatic rings. The van der Waals surface area contributed by atoms with Crippen LogP contribution in [0.15, 0.2) is 29.8 Å². The van der Waals surface area contributed by atoms with Crippen LogP contribution in [0.25, 0.3) is 5.69 Å². The number of hydrogen-bond acceptors (Lipinski definition) is 6. The second-order valence-corrected chi connectivity index (χ2v) is 8.72. The molecular weight excluding hydrogens is 429 g/mol. The largest absolute Gasteiger partial charge is 0.418 e. The SMILES string of the molecule is Cc1nnnn1-c1ccc(C(CC2CCCC2)(C(N)=O)c2nccs2)cc1C(F)(F)F. The van der Waals surface area contributed by atoms with Gasteiger partial charge in [-0.05, 0) is 47.4 Å². The molecule has 7 nitrogen and oxygen atoms in total. The maximum absolute atomic E-state index is 14.1. The van der Waals surface area contributed by atoms with E-state index in [0.717, 1.165) is 36.4 Å². The first-order chi connectivity index (χ1) is 14.7. The van der Waals surface area contributed by atoms with Crippen LogP contribution in [0.2, 0.25) is 0 Å². The highest BCUT2D eigenvalue weighted by atomic mass is 32.1. The topological polar surface area (TPSA) is 99.6 Å². The molecule has 0 saturated heterocycles. The van der Waals surface area contributed by atoms with Gasteiger partial charge in [0.05, 0.1) is 11.3 Å².